The highest BCUT2D eigenvalue weighted by atomic mass is 15.4. The molecule has 106 valence electrons. The second-order valence-corrected chi connectivity index (χ2v) is 6.42. The molecule has 0 unspecified atom stereocenters. The molecule has 2 aromatic rings. The zero-order chi connectivity index (χ0) is 14.4. The lowest BCUT2D eigenvalue weighted by molar-refractivity contribution is -0.949. The first kappa shape index (κ1) is 12.7. The van der Waals surface area contributed by atoms with E-state index in [9.17, 15) is 0 Å². The van der Waals surface area contributed by atoms with Crippen LogP contribution in [0, 0.1) is 6.54 Å². The number of hydrogen-bond acceptors (Lipinski definition) is 0. The number of nitrogens with zero attached hydrogens (tertiary/aromatic N) is 1. The van der Waals surface area contributed by atoms with Crippen LogP contribution in [0.2, 0.25) is 0 Å². The molecule has 0 amide bonds. The average molecular weight is 275 g/mol. The van der Waals surface area contributed by atoms with Gasteiger partial charge in [0.25, 0.3) is 0 Å². The van der Waals surface area contributed by atoms with E-state index in [1.807, 2.05) is 6.08 Å². The molecule has 0 spiro atoms. The molecule has 0 aromatic heterocycles. The number of fused-ring (bicyclic) bond motifs is 6. The Balaban J connectivity index is 1.98. The van der Waals surface area contributed by atoms with Crippen LogP contribution in [0.5, 0.6) is 0 Å². The first-order valence-electron chi connectivity index (χ1n) is 7.74. The smallest absolute Gasteiger partial charge is 0.0959 e. The minimum Gasteiger partial charge on any atom is -0.358 e. The highest BCUT2D eigenvalue weighted by Crippen LogP contribution is 2.48. The molecule has 2 aliphatic rings. The average Bonchev–Trinajstić information content (AvgIpc) is 2.48. The van der Waals surface area contributed by atoms with Crippen molar-refractivity contribution < 1.29 is 4.48 Å². The third-order valence-electron chi connectivity index (χ3n) is 5.41. The molecule has 0 saturated heterocycles. The van der Waals surface area contributed by atoms with E-state index < -0.39 is 0 Å². The molecule has 0 N–H and O–H groups in total. The normalized spacial score (nSPS) is 29.2. The van der Waals surface area contributed by atoms with Crippen molar-refractivity contribution in [3.63, 3.8) is 0 Å². The summed E-state index contributed by atoms with van der Waals surface area (Å²) in [6, 6.07) is 18.5. The number of hydrogen-bond donors (Lipinski definition) is 0. The van der Waals surface area contributed by atoms with Gasteiger partial charge in [0.1, 0.15) is 0 Å². The van der Waals surface area contributed by atoms with Crippen molar-refractivity contribution in [2.24, 2.45) is 0 Å². The van der Waals surface area contributed by atoms with Crippen LogP contribution in [0.15, 0.2) is 61.2 Å². The van der Waals surface area contributed by atoms with E-state index in [1.165, 1.54) is 22.3 Å². The molecule has 2 bridgehead atoms. The second-order valence-electron chi connectivity index (χ2n) is 6.42. The van der Waals surface area contributed by atoms with E-state index in [1.54, 1.807) is 0 Å². The summed E-state index contributed by atoms with van der Waals surface area (Å²) in [5.41, 5.74) is 6.02. The summed E-state index contributed by atoms with van der Waals surface area (Å²) in [5.74, 6) is 0.496. The first-order valence-corrected chi connectivity index (χ1v) is 7.74. The summed E-state index contributed by atoms with van der Waals surface area (Å²) in [6.45, 7) is 10.8. The quantitative estimate of drug-likeness (QED) is 0.563. The molecule has 0 saturated carbocycles. The predicted octanol–water partition coefficient (Wildman–Crippen LogP) is 4.40. The maximum absolute atomic E-state index is 3.97. The number of benzene rings is 2. The lowest BCUT2D eigenvalue weighted by atomic mass is 9.73. The van der Waals surface area contributed by atoms with E-state index in [4.69, 9.17) is 0 Å². The standard InChI is InChI=1S/C20H21N/c1-3-12-21-13-16-8-4-6-10-18(16)20(15(21)2)19-11-7-5-9-17(19)14-21/h3-12,15,20H,1,13-14H2,2H3/t15-,20?,21?/m0/s1. The van der Waals surface area contributed by atoms with Gasteiger partial charge in [0, 0.05) is 11.1 Å². The predicted molar refractivity (Wildman–Crippen MR) is 86.4 cm³/mol. The molecule has 0 aliphatic carbocycles. The van der Waals surface area contributed by atoms with Gasteiger partial charge in [-0.1, -0.05) is 48.5 Å². The molecule has 21 heavy (non-hydrogen) atoms. The molecule has 1 atom stereocenters. The van der Waals surface area contributed by atoms with Crippen LogP contribution in [0.4, 0.5) is 0 Å². The van der Waals surface area contributed by atoms with E-state index >= 15 is 0 Å². The molecule has 4 rings (SSSR count). The minimum absolute atomic E-state index is 0.496. The molecule has 1 nitrogen and oxygen atoms in total. The maximum Gasteiger partial charge on any atom is 0.0959 e. The van der Waals surface area contributed by atoms with Gasteiger partial charge >= 0.3 is 0 Å². The van der Waals surface area contributed by atoms with Crippen LogP contribution < -0.4 is 0 Å². The van der Waals surface area contributed by atoms with Crippen molar-refractivity contribution in [1.82, 2.24) is 0 Å². The zero-order valence-electron chi connectivity index (χ0n) is 12.5. The summed E-state index contributed by atoms with van der Waals surface area (Å²) >= 11 is 0. The van der Waals surface area contributed by atoms with Crippen LogP contribution >= 0.6 is 0 Å². The SMILES string of the molecule is C=C[CH-][N+]12Cc3ccccc3C(c3ccccc3C1)[C@@H]2C. The Morgan fingerprint density at radius 1 is 1.00 bits per heavy atom. The van der Waals surface area contributed by atoms with Gasteiger partial charge in [-0.15, -0.1) is 0 Å². The largest absolute Gasteiger partial charge is 0.358 e. The lowest BCUT2D eigenvalue weighted by Gasteiger charge is -2.56. The van der Waals surface area contributed by atoms with Crippen LogP contribution in [-0.4, -0.2) is 10.5 Å². The van der Waals surface area contributed by atoms with Crippen LogP contribution in [-0.2, 0) is 13.1 Å². The van der Waals surface area contributed by atoms with Crippen LogP contribution in [0.1, 0.15) is 35.1 Å². The summed E-state index contributed by atoms with van der Waals surface area (Å²) < 4.78 is 1.00. The Bertz CT molecular complexity index is 651. The van der Waals surface area contributed by atoms with E-state index in [2.05, 4.69) is 68.6 Å². The van der Waals surface area contributed by atoms with E-state index in [0.29, 0.717) is 12.0 Å². The number of rotatable bonds is 2. The van der Waals surface area contributed by atoms with Gasteiger partial charge in [-0.2, -0.15) is 6.08 Å². The van der Waals surface area contributed by atoms with Gasteiger partial charge in [0.15, 0.2) is 0 Å². The molecule has 0 fully saturated rings. The Kier molecular flexibility index (Phi) is 2.73. The molecular formula is C20H21N. The van der Waals surface area contributed by atoms with Crippen molar-refractivity contribution >= 4 is 0 Å². The van der Waals surface area contributed by atoms with Gasteiger partial charge in [0.05, 0.1) is 25.0 Å². The van der Waals surface area contributed by atoms with E-state index in [0.717, 1.165) is 17.6 Å². The van der Waals surface area contributed by atoms with Crippen molar-refractivity contribution in [2.75, 3.05) is 0 Å². The Labute approximate surface area is 127 Å². The van der Waals surface area contributed by atoms with Crippen molar-refractivity contribution in [3.8, 4) is 0 Å². The van der Waals surface area contributed by atoms with Gasteiger partial charge in [-0.05, 0) is 24.6 Å². The molecular weight excluding hydrogens is 254 g/mol. The lowest BCUT2D eigenvalue weighted by Crippen LogP contribution is -2.58. The summed E-state index contributed by atoms with van der Waals surface area (Å²) in [5, 5.41) is 0. The van der Waals surface area contributed by atoms with Crippen LogP contribution in [0.3, 0.4) is 0 Å². The fourth-order valence-electron chi connectivity index (χ4n) is 4.38. The molecule has 2 aliphatic heterocycles. The Hall–Kier alpha value is -1.99. The fourth-order valence-corrected chi connectivity index (χ4v) is 4.38. The topological polar surface area (TPSA) is 0 Å². The third-order valence-corrected chi connectivity index (χ3v) is 5.41. The van der Waals surface area contributed by atoms with E-state index in [-0.39, 0.29) is 0 Å². The van der Waals surface area contributed by atoms with Gasteiger partial charge in [-0.3, -0.25) is 0 Å². The highest BCUT2D eigenvalue weighted by molar-refractivity contribution is 5.45. The zero-order valence-corrected chi connectivity index (χ0v) is 12.5. The minimum atomic E-state index is 0.496. The molecule has 2 aromatic carbocycles. The van der Waals surface area contributed by atoms with Crippen molar-refractivity contribution in [2.45, 2.75) is 32.0 Å². The van der Waals surface area contributed by atoms with Crippen LogP contribution in [0.25, 0.3) is 0 Å². The molecule has 1 heteroatoms. The van der Waals surface area contributed by atoms with Crippen molar-refractivity contribution in [3.05, 3.63) is 90.0 Å². The van der Waals surface area contributed by atoms with Gasteiger partial charge < -0.3 is 4.48 Å². The van der Waals surface area contributed by atoms with Crippen molar-refractivity contribution in [1.29, 1.82) is 0 Å². The first-order chi connectivity index (χ1) is 10.2. The molecule has 0 radical (unpaired) electrons. The Morgan fingerprint density at radius 2 is 1.52 bits per heavy atom. The third kappa shape index (κ3) is 1.71. The summed E-state index contributed by atoms with van der Waals surface area (Å²) in [4.78, 5) is 0. The number of quaternary nitrogens is 1. The molecule has 2 heterocycles. The second kappa shape index (κ2) is 4.51. The monoisotopic (exact) mass is 275 g/mol. The summed E-state index contributed by atoms with van der Waals surface area (Å²) in [7, 11) is 0. The van der Waals surface area contributed by atoms with Gasteiger partial charge in [-0.25, -0.2) is 6.58 Å². The summed E-state index contributed by atoms with van der Waals surface area (Å²) in [6.07, 6.45) is 1.98. The fraction of sp³-hybridized carbons (Fsp3) is 0.250. The maximum atomic E-state index is 3.97. The Morgan fingerprint density at radius 3 is 2.05 bits per heavy atom. The van der Waals surface area contributed by atoms with Gasteiger partial charge in [0.2, 0.25) is 0 Å². The highest BCUT2D eigenvalue weighted by Gasteiger charge is 2.47.